The number of para-hydroxylation sites is 1. The van der Waals surface area contributed by atoms with Crippen molar-refractivity contribution in [3.8, 4) is 11.4 Å². The number of hydrogen-bond donors (Lipinski definition) is 1. The van der Waals surface area contributed by atoms with E-state index in [-0.39, 0.29) is 35.0 Å². The first-order valence-corrected chi connectivity index (χ1v) is 23.7. The van der Waals surface area contributed by atoms with Gasteiger partial charge in [-0.3, -0.25) is 18.6 Å². The van der Waals surface area contributed by atoms with Gasteiger partial charge in [-0.05, 0) is 161 Å². The zero-order valence-electron chi connectivity index (χ0n) is 33.7. The lowest BCUT2D eigenvalue weighted by Gasteiger charge is -2.57. The number of ether oxygens (including phenoxy) is 2. The number of hydrogen-bond acceptors (Lipinski definition) is 9. The van der Waals surface area contributed by atoms with Crippen LogP contribution in [0.15, 0.2) is 41.2 Å². The molecule has 0 unspecified atom stereocenters. The summed E-state index contributed by atoms with van der Waals surface area (Å²) in [6, 6.07) is 11.6. The van der Waals surface area contributed by atoms with Crippen LogP contribution in [0.3, 0.4) is 0 Å². The third-order valence-electron chi connectivity index (χ3n) is 16.2. The van der Waals surface area contributed by atoms with Crippen LogP contribution in [0, 0.1) is 46.3 Å². The van der Waals surface area contributed by atoms with Crippen molar-refractivity contribution >= 4 is 30.6 Å². The molecule has 0 spiro atoms. The minimum absolute atomic E-state index is 0.0340. The molecule has 58 heavy (non-hydrogen) atoms. The fourth-order valence-corrected chi connectivity index (χ4v) is 15.8. The zero-order valence-corrected chi connectivity index (χ0v) is 34.6. The van der Waals surface area contributed by atoms with Gasteiger partial charge in [-0.2, -0.15) is 0 Å². The Labute approximate surface area is 339 Å². The molecule has 1 atom stereocenters. The number of rotatable bonds is 13. The molecule has 8 bridgehead atoms. The SMILES string of the molecule is CC[C@@]1(OC(=O)CNP(=O)(OCCC23CC4CC(CC(C4)C2)C3)OCCC23CC4CC(CC(C4)C2)C3)C(=O)OCc2c1cc1n(c2=O)Cc2cc3ccccc3nc2-1. The first kappa shape index (κ1) is 37.6. The normalized spacial score (nSPS) is 35.7. The van der Waals surface area contributed by atoms with Crippen molar-refractivity contribution in [2.75, 3.05) is 19.8 Å². The Morgan fingerprint density at radius 3 is 2.00 bits per heavy atom. The van der Waals surface area contributed by atoms with E-state index in [1.807, 2.05) is 30.3 Å². The highest BCUT2D eigenvalue weighted by Crippen LogP contribution is 2.63. The summed E-state index contributed by atoms with van der Waals surface area (Å²) in [5.41, 5.74) is 1.80. The molecule has 0 radical (unpaired) electrons. The molecule has 3 aromatic rings. The molecule has 8 aliphatic carbocycles. The largest absolute Gasteiger partial charge is 0.457 e. The highest BCUT2D eigenvalue weighted by Gasteiger charge is 2.53. The Bertz CT molecular complexity index is 2180. The van der Waals surface area contributed by atoms with Gasteiger partial charge in [0.1, 0.15) is 13.2 Å². The molecule has 1 N–H and O–H groups in total. The zero-order chi connectivity index (χ0) is 39.4. The second kappa shape index (κ2) is 13.8. The molecule has 4 heterocycles. The number of fused-ring (bicyclic) bond motifs is 5. The van der Waals surface area contributed by atoms with E-state index in [0.717, 1.165) is 64.8 Å². The number of nitrogens with one attached hydrogen (secondary N) is 1. The number of carbonyl (C=O) groups excluding carboxylic acids is 2. The van der Waals surface area contributed by atoms with Crippen LogP contribution in [-0.4, -0.2) is 41.2 Å². The van der Waals surface area contributed by atoms with Gasteiger partial charge in [0, 0.05) is 16.5 Å². The van der Waals surface area contributed by atoms with Gasteiger partial charge in [-0.15, -0.1) is 0 Å². The lowest BCUT2D eigenvalue weighted by molar-refractivity contribution is -0.188. The average molecular weight is 810 g/mol. The van der Waals surface area contributed by atoms with Gasteiger partial charge in [0.15, 0.2) is 0 Å². The molecule has 2 aliphatic heterocycles. The fourth-order valence-electron chi connectivity index (χ4n) is 14.6. The number of benzene rings is 1. The molecule has 8 fully saturated rings. The van der Waals surface area contributed by atoms with Crippen LogP contribution in [0.5, 0.6) is 0 Å². The molecule has 2 aromatic heterocycles. The summed E-state index contributed by atoms with van der Waals surface area (Å²) in [5.74, 6) is 3.24. The predicted molar refractivity (Wildman–Crippen MR) is 216 cm³/mol. The Balaban J connectivity index is 0.823. The molecule has 12 heteroatoms. The first-order chi connectivity index (χ1) is 28.0. The Kier molecular flexibility index (Phi) is 8.97. The van der Waals surface area contributed by atoms with Gasteiger partial charge in [-0.25, -0.2) is 19.4 Å². The number of aromatic nitrogens is 2. The standard InChI is InChI=1S/C46H56N3O8P/c1-2-46(37-18-39-41-35(17-34-5-3-4-6-38(34)48-41)26-49(39)42(51)36(37)27-54-43(46)52)57-40(50)25-47-58(53,55-9-7-44-19-28-11-29(20-44)13-30(12-28)21-44)56-10-8-45-22-31-14-32(23-45)16-33(15-31)24-45/h3-6,17-18,28-33H,2,7-16,19-27H2,1H3,(H,47,53)/t28?,29?,30?,31?,32?,33?,44?,45?,46-,58?/m0/s1. The Morgan fingerprint density at radius 2 is 1.43 bits per heavy atom. The van der Waals surface area contributed by atoms with Crippen LogP contribution in [0.2, 0.25) is 0 Å². The maximum atomic E-state index is 14.7. The van der Waals surface area contributed by atoms with Gasteiger partial charge in [-0.1, -0.05) is 25.1 Å². The van der Waals surface area contributed by atoms with Crippen molar-refractivity contribution in [1.29, 1.82) is 0 Å². The van der Waals surface area contributed by atoms with E-state index < -0.39 is 31.8 Å². The van der Waals surface area contributed by atoms with Crippen LogP contribution in [0.25, 0.3) is 22.3 Å². The van der Waals surface area contributed by atoms with Crippen LogP contribution in [0.4, 0.5) is 0 Å². The maximum Gasteiger partial charge on any atom is 0.406 e. The summed E-state index contributed by atoms with van der Waals surface area (Å²) in [6.45, 7) is 1.93. The minimum Gasteiger partial charge on any atom is -0.457 e. The average Bonchev–Trinajstić information content (AvgIpc) is 3.54. The van der Waals surface area contributed by atoms with Crippen molar-refractivity contribution in [3.63, 3.8) is 0 Å². The minimum atomic E-state index is -3.96. The molecule has 1 aromatic carbocycles. The highest BCUT2D eigenvalue weighted by molar-refractivity contribution is 7.51. The summed E-state index contributed by atoms with van der Waals surface area (Å²) < 4.78 is 40.5. The number of esters is 2. The topological polar surface area (TPSA) is 135 Å². The lowest BCUT2D eigenvalue weighted by Crippen LogP contribution is -2.48. The van der Waals surface area contributed by atoms with Crippen LogP contribution in [-0.2, 0) is 51.4 Å². The molecule has 11 nitrogen and oxygen atoms in total. The number of nitrogens with zero attached hydrogens (tertiary/aromatic N) is 2. The van der Waals surface area contributed by atoms with Crippen LogP contribution >= 0.6 is 7.75 Å². The van der Waals surface area contributed by atoms with E-state index >= 15 is 0 Å². The van der Waals surface area contributed by atoms with E-state index in [9.17, 15) is 18.9 Å². The Morgan fingerprint density at radius 1 is 0.862 bits per heavy atom. The third-order valence-corrected chi connectivity index (χ3v) is 17.8. The summed E-state index contributed by atoms with van der Waals surface area (Å²) in [7, 11) is -3.96. The summed E-state index contributed by atoms with van der Waals surface area (Å²) in [6.07, 6.45) is 17.2. The number of pyridine rings is 2. The monoisotopic (exact) mass is 809 g/mol. The van der Waals surface area contributed by atoms with Gasteiger partial charge >= 0.3 is 19.7 Å². The van der Waals surface area contributed by atoms with Gasteiger partial charge < -0.3 is 14.0 Å². The van der Waals surface area contributed by atoms with Crippen LogP contribution in [0.1, 0.15) is 120 Å². The smallest absolute Gasteiger partial charge is 0.406 e. The van der Waals surface area contributed by atoms with Crippen molar-refractivity contribution < 1.29 is 32.7 Å². The van der Waals surface area contributed by atoms with E-state index in [2.05, 4.69) is 5.09 Å². The second-order valence-corrected chi connectivity index (χ2v) is 21.9. The Hall–Kier alpha value is -3.37. The molecule has 308 valence electrons. The van der Waals surface area contributed by atoms with Crippen molar-refractivity contribution in [1.82, 2.24) is 14.6 Å². The second-order valence-electron chi connectivity index (χ2n) is 20.1. The molecule has 10 aliphatic rings. The molecular formula is C46H56N3O8P. The number of cyclic esters (lactones) is 1. The van der Waals surface area contributed by atoms with Gasteiger partial charge in [0.2, 0.25) is 5.60 Å². The summed E-state index contributed by atoms with van der Waals surface area (Å²) in [4.78, 5) is 46.6. The van der Waals surface area contributed by atoms with Crippen molar-refractivity contribution in [3.05, 3.63) is 63.4 Å². The summed E-state index contributed by atoms with van der Waals surface area (Å²) in [5, 5.41) is 3.85. The summed E-state index contributed by atoms with van der Waals surface area (Å²) >= 11 is 0. The van der Waals surface area contributed by atoms with Crippen molar-refractivity contribution in [2.45, 2.75) is 122 Å². The van der Waals surface area contributed by atoms with Gasteiger partial charge in [0.05, 0.1) is 42.2 Å². The first-order valence-electron chi connectivity index (χ1n) is 22.2. The molecular weight excluding hydrogens is 753 g/mol. The maximum absolute atomic E-state index is 14.7. The molecule has 13 rings (SSSR count). The fraction of sp³-hybridized carbons (Fsp3) is 0.652. The van der Waals surface area contributed by atoms with E-state index in [1.54, 1.807) is 17.6 Å². The van der Waals surface area contributed by atoms with Gasteiger partial charge in [0.25, 0.3) is 5.56 Å². The van der Waals surface area contributed by atoms with E-state index in [1.165, 1.54) is 77.0 Å². The lowest BCUT2D eigenvalue weighted by atomic mass is 9.49. The predicted octanol–water partition coefficient (Wildman–Crippen LogP) is 8.57. The quantitative estimate of drug-likeness (QED) is 0.103. The van der Waals surface area contributed by atoms with Crippen molar-refractivity contribution in [2.24, 2.45) is 46.3 Å². The molecule has 0 saturated heterocycles. The van der Waals surface area contributed by atoms with E-state index in [0.29, 0.717) is 36.7 Å². The molecule has 8 saturated carbocycles. The highest BCUT2D eigenvalue weighted by atomic mass is 31.2. The van der Waals surface area contributed by atoms with Crippen LogP contribution < -0.4 is 10.6 Å². The third kappa shape index (κ3) is 6.35. The number of carbonyl (C=O) groups is 2. The van der Waals surface area contributed by atoms with E-state index in [4.69, 9.17) is 23.5 Å². The molecule has 0 amide bonds.